The van der Waals surface area contributed by atoms with Crippen molar-refractivity contribution in [3.8, 4) is 5.69 Å². The number of Topliss-reactive ketones (excluding diaryl/α,β-unsaturated/α-hetero) is 2. The average molecular weight is 470 g/mol. The minimum atomic E-state index is -0.589. The fraction of sp³-hybridized carbons (Fsp3) is 0.217. The highest BCUT2D eigenvalue weighted by atomic mass is 35.5. The average Bonchev–Trinajstić information content (AvgIpc) is 3.39. The quantitative estimate of drug-likeness (QED) is 0.308. The molecule has 0 amide bonds. The van der Waals surface area contributed by atoms with Crippen molar-refractivity contribution in [1.82, 2.24) is 14.8 Å². The Labute approximate surface area is 193 Å². The van der Waals surface area contributed by atoms with Gasteiger partial charge in [0.25, 0.3) is 0 Å². The van der Waals surface area contributed by atoms with Gasteiger partial charge < -0.3 is 9.72 Å². The van der Waals surface area contributed by atoms with Gasteiger partial charge in [-0.1, -0.05) is 11.6 Å². The van der Waals surface area contributed by atoms with Gasteiger partial charge in [-0.05, 0) is 63.6 Å². The molecule has 0 aliphatic heterocycles. The zero-order valence-electron chi connectivity index (χ0n) is 17.9. The molecule has 0 unspecified atom stereocenters. The van der Waals surface area contributed by atoms with Crippen molar-refractivity contribution in [1.29, 1.82) is 0 Å². The second kappa shape index (κ2) is 8.37. The lowest BCUT2D eigenvalue weighted by Gasteiger charge is -2.04. The van der Waals surface area contributed by atoms with Crippen LogP contribution in [0.1, 0.15) is 54.4 Å². The number of hydrogen-bond donors (Lipinski definition) is 1. The summed E-state index contributed by atoms with van der Waals surface area (Å²) in [5.74, 6) is -1.10. The molecule has 3 heterocycles. The van der Waals surface area contributed by atoms with Crippen LogP contribution in [-0.4, -0.2) is 38.9 Å². The van der Waals surface area contributed by atoms with Crippen LogP contribution in [0, 0.1) is 20.8 Å². The molecule has 4 rings (SSSR count). The number of aryl methyl sites for hydroxylation is 2. The van der Waals surface area contributed by atoms with E-state index in [1.807, 2.05) is 19.1 Å². The first-order valence-corrected chi connectivity index (χ1v) is 11.0. The highest BCUT2D eigenvalue weighted by Gasteiger charge is 2.22. The molecule has 4 aromatic rings. The highest BCUT2D eigenvalue weighted by molar-refractivity contribution is 7.20. The Morgan fingerprint density at radius 3 is 2.47 bits per heavy atom. The van der Waals surface area contributed by atoms with Crippen molar-refractivity contribution < 1.29 is 19.1 Å². The van der Waals surface area contributed by atoms with Crippen molar-refractivity contribution in [3.63, 3.8) is 0 Å². The highest BCUT2D eigenvalue weighted by Crippen LogP contribution is 2.31. The van der Waals surface area contributed by atoms with Gasteiger partial charge in [0.1, 0.15) is 9.71 Å². The first kappa shape index (κ1) is 22.0. The van der Waals surface area contributed by atoms with Gasteiger partial charge in [-0.15, -0.1) is 11.3 Å². The van der Waals surface area contributed by atoms with E-state index in [0.717, 1.165) is 21.6 Å². The third kappa shape index (κ3) is 3.87. The van der Waals surface area contributed by atoms with Crippen LogP contribution in [0.25, 0.3) is 15.9 Å². The molecular weight excluding hydrogens is 450 g/mol. The lowest BCUT2D eigenvalue weighted by molar-refractivity contribution is 0.0478. The predicted molar refractivity (Wildman–Crippen MR) is 124 cm³/mol. The Hall–Kier alpha value is -3.23. The number of ether oxygens (including phenoxy) is 1. The molecule has 0 fully saturated rings. The van der Waals surface area contributed by atoms with Crippen LogP contribution in [0.4, 0.5) is 0 Å². The number of halogens is 1. The van der Waals surface area contributed by atoms with E-state index in [0.29, 0.717) is 26.7 Å². The summed E-state index contributed by atoms with van der Waals surface area (Å²) in [4.78, 5) is 41.1. The lowest BCUT2D eigenvalue weighted by Crippen LogP contribution is -2.15. The van der Waals surface area contributed by atoms with Gasteiger partial charge in [-0.2, -0.15) is 5.10 Å². The van der Waals surface area contributed by atoms with Crippen molar-refractivity contribution in [2.24, 2.45) is 0 Å². The predicted octanol–water partition coefficient (Wildman–Crippen LogP) is 5.24. The van der Waals surface area contributed by atoms with Crippen LogP contribution in [0.5, 0.6) is 0 Å². The number of esters is 1. The third-order valence-electron chi connectivity index (χ3n) is 5.22. The number of fused-ring (bicyclic) bond motifs is 1. The number of hydrogen-bond acceptors (Lipinski definition) is 6. The smallest absolute Gasteiger partial charge is 0.348 e. The number of carbonyl (C=O) groups is 3. The molecule has 1 N–H and O–H groups in total. The zero-order valence-corrected chi connectivity index (χ0v) is 19.5. The van der Waals surface area contributed by atoms with Crippen molar-refractivity contribution >= 4 is 50.7 Å². The van der Waals surface area contributed by atoms with Gasteiger partial charge in [0.2, 0.25) is 5.78 Å². The van der Waals surface area contributed by atoms with Crippen molar-refractivity contribution in [3.05, 3.63) is 68.4 Å². The molecule has 164 valence electrons. The number of carbonyl (C=O) groups excluding carboxylic acids is 3. The molecule has 9 heteroatoms. The lowest BCUT2D eigenvalue weighted by atomic mass is 10.1. The molecule has 0 radical (unpaired) electrons. The summed E-state index contributed by atoms with van der Waals surface area (Å²) in [6.45, 7) is 6.32. The number of rotatable bonds is 6. The summed E-state index contributed by atoms with van der Waals surface area (Å²) in [6.07, 6.45) is 0. The number of nitrogens with one attached hydrogen (secondary N) is 1. The Kier molecular flexibility index (Phi) is 5.75. The number of aromatic nitrogens is 3. The van der Waals surface area contributed by atoms with E-state index in [-0.39, 0.29) is 11.5 Å². The van der Waals surface area contributed by atoms with E-state index in [4.69, 9.17) is 16.3 Å². The normalized spacial score (nSPS) is 11.2. The SMILES string of the molecule is CC(=O)c1c(C)[nH]c(C(=O)COC(=O)c2cc3c(C)nn(-c4ccc(Cl)cc4)c3s2)c1C. The maximum atomic E-state index is 12.6. The molecule has 0 saturated heterocycles. The fourth-order valence-electron chi connectivity index (χ4n) is 3.74. The number of ketones is 2. The van der Waals surface area contributed by atoms with Crippen LogP contribution < -0.4 is 0 Å². The standard InChI is InChI=1S/C23H20ClN3O4S/c1-11-20(14(4)28)13(3)25-21(11)18(29)10-31-23(30)19-9-17-12(2)26-27(22(17)32-19)16-7-5-15(24)6-8-16/h5-9,25H,10H2,1-4H3. The summed E-state index contributed by atoms with van der Waals surface area (Å²) in [5.41, 5.74) is 3.56. The van der Waals surface area contributed by atoms with Gasteiger partial charge >= 0.3 is 5.97 Å². The Balaban J connectivity index is 1.54. The molecule has 0 bridgehead atoms. The summed E-state index contributed by atoms with van der Waals surface area (Å²) in [5, 5.41) is 6.00. The van der Waals surface area contributed by atoms with Gasteiger partial charge in [0.05, 0.1) is 17.1 Å². The molecule has 0 aliphatic rings. The van der Waals surface area contributed by atoms with Gasteiger partial charge in [0.15, 0.2) is 12.4 Å². The maximum Gasteiger partial charge on any atom is 0.348 e. The van der Waals surface area contributed by atoms with E-state index in [9.17, 15) is 14.4 Å². The molecular formula is C23H20ClN3O4S. The minimum Gasteiger partial charge on any atom is -0.453 e. The molecule has 3 aromatic heterocycles. The van der Waals surface area contributed by atoms with Gasteiger partial charge in [0, 0.05) is 21.7 Å². The number of thiophene rings is 1. The molecule has 0 aliphatic carbocycles. The summed E-state index contributed by atoms with van der Waals surface area (Å²) in [6, 6.07) is 8.96. The number of benzene rings is 1. The van der Waals surface area contributed by atoms with Crippen LogP contribution in [0.3, 0.4) is 0 Å². The third-order valence-corrected chi connectivity index (χ3v) is 6.56. The summed E-state index contributed by atoms with van der Waals surface area (Å²) < 4.78 is 7.03. The number of nitrogens with zero attached hydrogens (tertiary/aromatic N) is 2. The van der Waals surface area contributed by atoms with Crippen LogP contribution >= 0.6 is 22.9 Å². The maximum absolute atomic E-state index is 12.6. The first-order chi connectivity index (χ1) is 15.2. The van der Waals surface area contributed by atoms with E-state index in [2.05, 4.69) is 10.1 Å². The van der Waals surface area contributed by atoms with Crippen LogP contribution in [0.2, 0.25) is 5.02 Å². The Morgan fingerprint density at radius 1 is 1.16 bits per heavy atom. The monoisotopic (exact) mass is 469 g/mol. The molecule has 0 atom stereocenters. The minimum absolute atomic E-state index is 0.123. The molecule has 0 saturated carbocycles. The summed E-state index contributed by atoms with van der Waals surface area (Å²) in [7, 11) is 0. The van der Waals surface area contributed by atoms with Gasteiger partial charge in [-0.25, -0.2) is 9.48 Å². The van der Waals surface area contributed by atoms with E-state index >= 15 is 0 Å². The molecule has 32 heavy (non-hydrogen) atoms. The van der Waals surface area contributed by atoms with E-state index < -0.39 is 18.4 Å². The van der Waals surface area contributed by atoms with Crippen molar-refractivity contribution in [2.75, 3.05) is 6.61 Å². The second-order valence-electron chi connectivity index (χ2n) is 7.48. The van der Waals surface area contributed by atoms with Gasteiger partial charge in [-0.3, -0.25) is 9.59 Å². The zero-order chi connectivity index (χ0) is 23.2. The van der Waals surface area contributed by atoms with Crippen LogP contribution in [0.15, 0.2) is 30.3 Å². The van der Waals surface area contributed by atoms with E-state index in [1.54, 1.807) is 36.7 Å². The van der Waals surface area contributed by atoms with Crippen LogP contribution in [-0.2, 0) is 4.74 Å². The second-order valence-corrected chi connectivity index (χ2v) is 8.95. The fourth-order valence-corrected chi connectivity index (χ4v) is 4.94. The summed E-state index contributed by atoms with van der Waals surface area (Å²) >= 11 is 7.22. The largest absolute Gasteiger partial charge is 0.453 e. The number of aromatic amines is 1. The van der Waals surface area contributed by atoms with Crippen molar-refractivity contribution in [2.45, 2.75) is 27.7 Å². The first-order valence-electron chi connectivity index (χ1n) is 9.83. The molecule has 0 spiro atoms. The number of H-pyrrole nitrogens is 1. The molecule has 7 nitrogen and oxygen atoms in total. The molecule has 1 aromatic carbocycles. The Morgan fingerprint density at radius 2 is 1.84 bits per heavy atom. The topological polar surface area (TPSA) is 94.0 Å². The van der Waals surface area contributed by atoms with E-state index in [1.165, 1.54) is 18.3 Å². The Bertz CT molecular complexity index is 1380.